The summed E-state index contributed by atoms with van der Waals surface area (Å²) in [5.74, 6) is 0. The molecule has 0 bridgehead atoms. The Morgan fingerprint density at radius 2 is 1.91 bits per heavy atom. The van der Waals surface area contributed by atoms with Crippen LogP contribution in [0.1, 0.15) is 18.5 Å². The highest BCUT2D eigenvalue weighted by Gasteiger charge is 2.02. The molecule has 0 fully saturated rings. The summed E-state index contributed by atoms with van der Waals surface area (Å²) in [6.07, 6.45) is 0. The van der Waals surface area contributed by atoms with Crippen LogP contribution in [0.3, 0.4) is 0 Å². The van der Waals surface area contributed by atoms with Crippen molar-refractivity contribution in [3.8, 4) is 0 Å². The number of nitrogen functional groups attached to an aromatic ring is 1. The number of hydrogen-bond acceptors (Lipinski definition) is 3. The van der Waals surface area contributed by atoms with Gasteiger partial charge in [-0.1, -0.05) is 17.3 Å². The summed E-state index contributed by atoms with van der Waals surface area (Å²) in [6.45, 7) is 1.75. The maximum Gasteiger partial charge on any atom is 0.114 e. The van der Waals surface area contributed by atoms with Crippen LogP contribution in [0.15, 0.2) is 29.4 Å². The van der Waals surface area contributed by atoms with Gasteiger partial charge in [0.2, 0.25) is 0 Å². The standard InChI is InChI=1S/C8H10N2O/c1-6(10-11)7-2-4-8(9)5-3-7/h2-6H,9H2,1H3. The highest BCUT2D eigenvalue weighted by atomic mass is 16.3. The van der Waals surface area contributed by atoms with E-state index in [9.17, 15) is 4.91 Å². The highest BCUT2D eigenvalue weighted by Crippen LogP contribution is 2.16. The van der Waals surface area contributed by atoms with Crippen LogP contribution in [-0.2, 0) is 0 Å². The largest absolute Gasteiger partial charge is 0.399 e. The number of benzene rings is 1. The molecular formula is C8H10N2O. The molecule has 0 heterocycles. The molecule has 0 amide bonds. The zero-order valence-corrected chi connectivity index (χ0v) is 6.32. The van der Waals surface area contributed by atoms with Crippen molar-refractivity contribution in [1.82, 2.24) is 0 Å². The Balaban J connectivity index is 2.89. The van der Waals surface area contributed by atoms with Crippen molar-refractivity contribution in [2.45, 2.75) is 13.0 Å². The number of nitrogens with two attached hydrogens (primary N) is 1. The monoisotopic (exact) mass is 150 g/mol. The van der Waals surface area contributed by atoms with Crippen molar-refractivity contribution in [2.24, 2.45) is 5.18 Å². The van der Waals surface area contributed by atoms with Crippen LogP contribution in [0, 0.1) is 4.91 Å². The molecule has 1 unspecified atom stereocenters. The van der Waals surface area contributed by atoms with E-state index >= 15 is 0 Å². The van der Waals surface area contributed by atoms with Crippen molar-refractivity contribution in [1.29, 1.82) is 0 Å². The lowest BCUT2D eigenvalue weighted by Gasteiger charge is -2.01. The van der Waals surface area contributed by atoms with Crippen molar-refractivity contribution in [3.63, 3.8) is 0 Å². The van der Waals surface area contributed by atoms with Gasteiger partial charge in [0, 0.05) is 5.69 Å². The maximum absolute atomic E-state index is 10.1. The van der Waals surface area contributed by atoms with Gasteiger partial charge in [-0.05, 0) is 24.6 Å². The van der Waals surface area contributed by atoms with Crippen molar-refractivity contribution >= 4 is 5.69 Å². The maximum atomic E-state index is 10.1. The van der Waals surface area contributed by atoms with E-state index in [1.165, 1.54) is 0 Å². The highest BCUT2D eigenvalue weighted by molar-refractivity contribution is 5.39. The molecule has 0 saturated heterocycles. The normalized spacial score (nSPS) is 12.5. The first-order valence-electron chi connectivity index (χ1n) is 3.42. The third-order valence-corrected chi connectivity index (χ3v) is 1.58. The molecule has 0 spiro atoms. The molecule has 0 saturated carbocycles. The molecule has 11 heavy (non-hydrogen) atoms. The lowest BCUT2D eigenvalue weighted by atomic mass is 10.1. The summed E-state index contributed by atoms with van der Waals surface area (Å²) in [4.78, 5) is 10.1. The molecule has 1 atom stereocenters. The minimum Gasteiger partial charge on any atom is -0.399 e. The molecule has 3 heteroatoms. The van der Waals surface area contributed by atoms with E-state index in [4.69, 9.17) is 5.73 Å². The molecule has 58 valence electrons. The lowest BCUT2D eigenvalue weighted by molar-refractivity contribution is 0.812. The average molecular weight is 150 g/mol. The van der Waals surface area contributed by atoms with Crippen molar-refractivity contribution < 1.29 is 0 Å². The third-order valence-electron chi connectivity index (χ3n) is 1.58. The Morgan fingerprint density at radius 1 is 1.36 bits per heavy atom. The van der Waals surface area contributed by atoms with E-state index in [0.29, 0.717) is 5.69 Å². The van der Waals surface area contributed by atoms with Gasteiger partial charge in [-0.2, -0.15) is 4.91 Å². The third kappa shape index (κ3) is 1.77. The van der Waals surface area contributed by atoms with E-state index in [1.807, 2.05) is 0 Å². The molecular weight excluding hydrogens is 140 g/mol. The minimum absolute atomic E-state index is 0.282. The van der Waals surface area contributed by atoms with Crippen LogP contribution in [0.5, 0.6) is 0 Å². The molecule has 0 aliphatic rings. The Labute approximate surface area is 65.2 Å². The molecule has 0 aliphatic heterocycles. The van der Waals surface area contributed by atoms with Gasteiger partial charge < -0.3 is 5.73 Å². The summed E-state index contributed by atoms with van der Waals surface area (Å²) < 4.78 is 0. The van der Waals surface area contributed by atoms with Crippen LogP contribution < -0.4 is 5.73 Å². The van der Waals surface area contributed by atoms with Crippen LogP contribution in [0.25, 0.3) is 0 Å². The van der Waals surface area contributed by atoms with Gasteiger partial charge in [-0.15, -0.1) is 0 Å². The van der Waals surface area contributed by atoms with Gasteiger partial charge in [-0.25, -0.2) is 0 Å². The fourth-order valence-electron chi connectivity index (χ4n) is 0.835. The number of nitroso groups, excluding NO2 is 1. The molecule has 2 N–H and O–H groups in total. The first-order valence-corrected chi connectivity index (χ1v) is 3.42. The number of rotatable bonds is 2. The summed E-state index contributed by atoms with van der Waals surface area (Å²) >= 11 is 0. The fourth-order valence-corrected chi connectivity index (χ4v) is 0.835. The van der Waals surface area contributed by atoms with E-state index < -0.39 is 0 Å². The second-order valence-electron chi connectivity index (χ2n) is 2.45. The summed E-state index contributed by atoms with van der Waals surface area (Å²) in [5.41, 5.74) is 7.06. The Morgan fingerprint density at radius 3 is 2.36 bits per heavy atom. The van der Waals surface area contributed by atoms with Crippen molar-refractivity contribution in [2.75, 3.05) is 5.73 Å². The predicted molar refractivity (Wildman–Crippen MR) is 45.1 cm³/mol. The quantitative estimate of drug-likeness (QED) is 0.518. The zero-order valence-electron chi connectivity index (χ0n) is 6.32. The van der Waals surface area contributed by atoms with Gasteiger partial charge >= 0.3 is 0 Å². The zero-order chi connectivity index (χ0) is 8.27. The first kappa shape index (κ1) is 7.72. The molecule has 0 aliphatic carbocycles. The number of nitrogens with zero attached hydrogens (tertiary/aromatic N) is 1. The van der Waals surface area contributed by atoms with Gasteiger partial charge in [-0.3, -0.25) is 0 Å². The van der Waals surface area contributed by atoms with Gasteiger partial charge in [0.25, 0.3) is 0 Å². The fraction of sp³-hybridized carbons (Fsp3) is 0.250. The van der Waals surface area contributed by atoms with Crippen molar-refractivity contribution in [3.05, 3.63) is 34.7 Å². The van der Waals surface area contributed by atoms with E-state index in [1.54, 1.807) is 31.2 Å². The average Bonchev–Trinajstić information content (AvgIpc) is 2.05. The van der Waals surface area contributed by atoms with Crippen LogP contribution in [0.2, 0.25) is 0 Å². The Hall–Kier alpha value is -1.38. The van der Waals surface area contributed by atoms with E-state index in [0.717, 1.165) is 5.56 Å². The summed E-state index contributed by atoms with van der Waals surface area (Å²) in [7, 11) is 0. The molecule has 1 rings (SSSR count). The summed E-state index contributed by atoms with van der Waals surface area (Å²) in [6, 6.07) is 6.85. The summed E-state index contributed by atoms with van der Waals surface area (Å²) in [5, 5.41) is 2.90. The Bertz CT molecular complexity index is 243. The van der Waals surface area contributed by atoms with Crippen LogP contribution in [-0.4, -0.2) is 0 Å². The lowest BCUT2D eigenvalue weighted by Crippen LogP contribution is -1.89. The minimum atomic E-state index is -0.282. The van der Waals surface area contributed by atoms with E-state index in [-0.39, 0.29) is 6.04 Å². The Kier molecular flexibility index (Phi) is 2.21. The van der Waals surface area contributed by atoms with Crippen LogP contribution in [0.4, 0.5) is 5.69 Å². The first-order chi connectivity index (χ1) is 5.24. The molecule has 1 aromatic rings. The second-order valence-corrected chi connectivity index (χ2v) is 2.45. The second kappa shape index (κ2) is 3.14. The number of anilines is 1. The van der Waals surface area contributed by atoms with Gasteiger partial charge in [0.15, 0.2) is 0 Å². The molecule has 1 aromatic carbocycles. The SMILES string of the molecule is CC(N=O)c1ccc(N)cc1. The van der Waals surface area contributed by atoms with Gasteiger partial charge in [0.1, 0.15) is 6.04 Å². The predicted octanol–water partition coefficient (Wildman–Crippen LogP) is 2.10. The molecule has 3 nitrogen and oxygen atoms in total. The topological polar surface area (TPSA) is 55.5 Å². The van der Waals surface area contributed by atoms with Gasteiger partial charge in [0.05, 0.1) is 0 Å². The molecule has 0 aromatic heterocycles. The smallest absolute Gasteiger partial charge is 0.114 e. The molecule has 0 radical (unpaired) electrons. The van der Waals surface area contributed by atoms with Crippen LogP contribution >= 0.6 is 0 Å². The number of hydrogen-bond donors (Lipinski definition) is 1. The van der Waals surface area contributed by atoms with E-state index in [2.05, 4.69) is 5.18 Å².